The summed E-state index contributed by atoms with van der Waals surface area (Å²) in [4.78, 5) is 11.5. The fourth-order valence-electron chi connectivity index (χ4n) is 1.49. The highest BCUT2D eigenvalue weighted by Crippen LogP contribution is 2.15. The Labute approximate surface area is 107 Å². The summed E-state index contributed by atoms with van der Waals surface area (Å²) in [6.07, 6.45) is 2.07. The van der Waals surface area contributed by atoms with Crippen LogP contribution < -0.4 is 5.32 Å². The van der Waals surface area contributed by atoms with Crippen LogP contribution in [0.1, 0.15) is 19.4 Å². The third kappa shape index (κ3) is 4.69. The maximum atomic E-state index is 11.5. The first-order valence-electron chi connectivity index (χ1n) is 5.68. The van der Waals surface area contributed by atoms with Gasteiger partial charge < -0.3 is 10.1 Å². The highest BCUT2D eigenvalue weighted by molar-refractivity contribution is 7.97. The summed E-state index contributed by atoms with van der Waals surface area (Å²) in [5.41, 5.74) is 2.20. The minimum absolute atomic E-state index is 0.220. The van der Waals surface area contributed by atoms with Gasteiger partial charge in [-0.1, -0.05) is 12.1 Å². The Bertz CT molecular complexity index is 368. The van der Waals surface area contributed by atoms with Crippen LogP contribution >= 0.6 is 11.8 Å². The first kappa shape index (κ1) is 13.9. The second kappa shape index (κ2) is 7.22. The monoisotopic (exact) mass is 253 g/mol. The van der Waals surface area contributed by atoms with Crippen molar-refractivity contribution in [3.05, 3.63) is 29.8 Å². The number of benzene rings is 1. The van der Waals surface area contributed by atoms with E-state index >= 15 is 0 Å². The fourth-order valence-corrected chi connectivity index (χ4v) is 2.01. The highest BCUT2D eigenvalue weighted by Gasteiger charge is 2.13. The summed E-state index contributed by atoms with van der Waals surface area (Å²) in [5, 5.41) is 3.14. The summed E-state index contributed by atoms with van der Waals surface area (Å²) in [5.74, 6) is 0.756. The molecule has 1 aromatic rings. The van der Waals surface area contributed by atoms with Crippen LogP contribution in [0.3, 0.4) is 0 Å². The maximum absolute atomic E-state index is 11.5. The van der Waals surface area contributed by atoms with Gasteiger partial charge in [-0.25, -0.2) is 4.79 Å². The fraction of sp³-hybridized carbons (Fsp3) is 0.462. The maximum Gasteiger partial charge on any atom is 0.328 e. The zero-order valence-corrected chi connectivity index (χ0v) is 11.3. The Kier molecular flexibility index (Phi) is 5.91. The number of carbonyl (C=O) groups is 1. The van der Waals surface area contributed by atoms with Gasteiger partial charge in [-0.3, -0.25) is 0 Å². The lowest BCUT2D eigenvalue weighted by Crippen LogP contribution is -2.28. The molecule has 0 unspecified atom stereocenters. The van der Waals surface area contributed by atoms with Gasteiger partial charge in [-0.15, -0.1) is 0 Å². The SMILES string of the molecule is CCOC(=O)[C@@H](C)Nc1cccc(CSC)c1. The number of thioether (sulfide) groups is 1. The van der Waals surface area contributed by atoms with Gasteiger partial charge >= 0.3 is 5.97 Å². The van der Waals surface area contributed by atoms with Gasteiger partial charge in [0.15, 0.2) is 0 Å². The average Bonchev–Trinajstić information content (AvgIpc) is 2.30. The van der Waals surface area contributed by atoms with Gasteiger partial charge in [0.1, 0.15) is 6.04 Å². The van der Waals surface area contributed by atoms with Crippen LogP contribution in [0, 0.1) is 0 Å². The molecule has 0 amide bonds. The van der Waals surface area contributed by atoms with Crippen molar-refractivity contribution in [1.29, 1.82) is 0 Å². The molecule has 0 aliphatic rings. The molecule has 1 N–H and O–H groups in total. The minimum Gasteiger partial charge on any atom is -0.464 e. The van der Waals surface area contributed by atoms with Crippen LogP contribution in [0.2, 0.25) is 0 Å². The van der Waals surface area contributed by atoms with Crippen molar-refractivity contribution in [2.45, 2.75) is 25.6 Å². The first-order chi connectivity index (χ1) is 8.17. The van der Waals surface area contributed by atoms with E-state index in [2.05, 4.69) is 23.7 Å². The molecule has 0 spiro atoms. The van der Waals surface area contributed by atoms with Crippen LogP contribution in [0.25, 0.3) is 0 Å². The summed E-state index contributed by atoms with van der Waals surface area (Å²) in [7, 11) is 0. The molecule has 0 aromatic heterocycles. The third-order valence-electron chi connectivity index (χ3n) is 2.26. The zero-order valence-electron chi connectivity index (χ0n) is 10.5. The lowest BCUT2D eigenvalue weighted by molar-refractivity contribution is -0.143. The van der Waals surface area contributed by atoms with Crippen molar-refractivity contribution in [2.24, 2.45) is 0 Å². The zero-order chi connectivity index (χ0) is 12.7. The molecular formula is C13H19NO2S. The van der Waals surface area contributed by atoms with E-state index in [1.165, 1.54) is 5.56 Å². The van der Waals surface area contributed by atoms with E-state index < -0.39 is 0 Å². The molecule has 0 bridgehead atoms. The van der Waals surface area contributed by atoms with E-state index in [0.29, 0.717) is 6.61 Å². The molecule has 0 saturated carbocycles. The molecule has 0 radical (unpaired) electrons. The highest BCUT2D eigenvalue weighted by atomic mass is 32.2. The Balaban J connectivity index is 2.61. The molecule has 0 heterocycles. The number of carbonyl (C=O) groups excluding carboxylic acids is 1. The number of hydrogen-bond acceptors (Lipinski definition) is 4. The largest absolute Gasteiger partial charge is 0.464 e. The second-order valence-electron chi connectivity index (χ2n) is 3.75. The Morgan fingerprint density at radius 1 is 1.53 bits per heavy atom. The van der Waals surface area contributed by atoms with E-state index in [0.717, 1.165) is 11.4 Å². The second-order valence-corrected chi connectivity index (χ2v) is 4.62. The predicted molar refractivity (Wildman–Crippen MR) is 73.4 cm³/mol. The van der Waals surface area contributed by atoms with Gasteiger partial charge in [0.2, 0.25) is 0 Å². The summed E-state index contributed by atoms with van der Waals surface area (Å²) in [6, 6.07) is 7.77. The van der Waals surface area contributed by atoms with Crippen molar-refractivity contribution in [2.75, 3.05) is 18.2 Å². The third-order valence-corrected chi connectivity index (χ3v) is 2.88. The molecule has 0 fully saturated rings. The number of hydrogen-bond donors (Lipinski definition) is 1. The van der Waals surface area contributed by atoms with Crippen LogP contribution in [0.4, 0.5) is 5.69 Å². The van der Waals surface area contributed by atoms with Crippen LogP contribution in [0.5, 0.6) is 0 Å². The van der Waals surface area contributed by atoms with Crippen molar-refractivity contribution in [3.63, 3.8) is 0 Å². The van der Waals surface area contributed by atoms with Gasteiger partial charge in [-0.2, -0.15) is 11.8 Å². The van der Waals surface area contributed by atoms with Crippen LogP contribution in [0.15, 0.2) is 24.3 Å². The van der Waals surface area contributed by atoms with Crippen molar-refractivity contribution >= 4 is 23.4 Å². The molecule has 94 valence electrons. The number of nitrogens with one attached hydrogen (secondary N) is 1. The molecule has 0 aliphatic carbocycles. The van der Waals surface area contributed by atoms with E-state index in [1.54, 1.807) is 18.7 Å². The lowest BCUT2D eigenvalue weighted by atomic mass is 10.2. The smallest absolute Gasteiger partial charge is 0.328 e. The van der Waals surface area contributed by atoms with Crippen molar-refractivity contribution in [3.8, 4) is 0 Å². The molecule has 0 saturated heterocycles. The predicted octanol–water partition coefficient (Wildman–Crippen LogP) is 2.91. The van der Waals surface area contributed by atoms with Crippen molar-refractivity contribution < 1.29 is 9.53 Å². The van der Waals surface area contributed by atoms with Gasteiger partial charge in [-0.05, 0) is 37.8 Å². The lowest BCUT2D eigenvalue weighted by Gasteiger charge is -2.14. The molecule has 3 nitrogen and oxygen atoms in total. The Morgan fingerprint density at radius 2 is 2.29 bits per heavy atom. The first-order valence-corrected chi connectivity index (χ1v) is 7.07. The molecule has 17 heavy (non-hydrogen) atoms. The molecule has 1 rings (SSSR count). The molecule has 0 aliphatic heterocycles. The summed E-state index contributed by atoms with van der Waals surface area (Å²) >= 11 is 1.78. The van der Waals surface area contributed by atoms with Crippen molar-refractivity contribution in [1.82, 2.24) is 0 Å². The number of anilines is 1. The topological polar surface area (TPSA) is 38.3 Å². The number of rotatable bonds is 6. The number of ether oxygens (including phenoxy) is 1. The van der Waals surface area contributed by atoms with E-state index in [9.17, 15) is 4.79 Å². The van der Waals surface area contributed by atoms with E-state index in [-0.39, 0.29) is 12.0 Å². The van der Waals surface area contributed by atoms with Gasteiger partial charge in [0.05, 0.1) is 6.61 Å². The van der Waals surface area contributed by atoms with E-state index in [4.69, 9.17) is 4.74 Å². The normalized spacial score (nSPS) is 11.9. The Hall–Kier alpha value is -1.16. The quantitative estimate of drug-likeness (QED) is 0.791. The summed E-state index contributed by atoms with van der Waals surface area (Å²) in [6.45, 7) is 4.03. The molecular weight excluding hydrogens is 234 g/mol. The minimum atomic E-state index is -0.320. The van der Waals surface area contributed by atoms with Crippen LogP contribution in [-0.4, -0.2) is 24.9 Å². The van der Waals surface area contributed by atoms with Gasteiger partial charge in [0, 0.05) is 11.4 Å². The number of esters is 1. The molecule has 1 aromatic carbocycles. The van der Waals surface area contributed by atoms with Gasteiger partial charge in [0.25, 0.3) is 0 Å². The Morgan fingerprint density at radius 3 is 2.94 bits per heavy atom. The van der Waals surface area contributed by atoms with E-state index in [1.807, 2.05) is 19.1 Å². The average molecular weight is 253 g/mol. The summed E-state index contributed by atoms with van der Waals surface area (Å²) < 4.78 is 4.95. The standard InChI is InChI=1S/C13H19NO2S/c1-4-16-13(15)10(2)14-12-7-5-6-11(8-12)9-17-3/h5-8,10,14H,4,9H2,1-3H3/t10-/m1/s1. The molecule has 4 heteroatoms. The molecule has 1 atom stereocenters. The van der Waals surface area contributed by atoms with Crippen LogP contribution in [-0.2, 0) is 15.3 Å².